The van der Waals surface area contributed by atoms with E-state index in [0.717, 1.165) is 25.7 Å². The third-order valence-corrected chi connectivity index (χ3v) is 6.34. The van der Waals surface area contributed by atoms with Gasteiger partial charge in [-0.05, 0) is 55.6 Å². The molecule has 7 heteroatoms. The summed E-state index contributed by atoms with van der Waals surface area (Å²) in [6.45, 7) is 7.82. The van der Waals surface area contributed by atoms with Crippen LogP contribution in [0.2, 0.25) is 0 Å². The number of nitrogens with zero attached hydrogens (tertiary/aromatic N) is 1. The second-order valence-corrected chi connectivity index (χ2v) is 9.94. The van der Waals surface area contributed by atoms with Gasteiger partial charge in [0.25, 0.3) is 0 Å². The van der Waals surface area contributed by atoms with Crippen molar-refractivity contribution in [3.05, 3.63) is 35.4 Å². The summed E-state index contributed by atoms with van der Waals surface area (Å²) in [5.41, 5.74) is 7.65. The van der Waals surface area contributed by atoms with E-state index in [1.807, 2.05) is 32.9 Å². The quantitative estimate of drug-likeness (QED) is 0.668. The maximum Gasteiger partial charge on any atom is 0.246 e. The fraction of sp³-hybridized carbons (Fsp3) is 0.625. The van der Waals surface area contributed by atoms with Gasteiger partial charge in [0.2, 0.25) is 17.7 Å². The number of nitrogens with one attached hydrogen (secondary N) is 2. The lowest BCUT2D eigenvalue weighted by atomic mass is 9.85. The van der Waals surface area contributed by atoms with E-state index < -0.39 is 23.5 Å². The van der Waals surface area contributed by atoms with Crippen molar-refractivity contribution in [2.75, 3.05) is 6.54 Å². The Morgan fingerprint density at radius 3 is 2.52 bits per heavy atom. The minimum Gasteiger partial charge on any atom is -0.347 e. The van der Waals surface area contributed by atoms with E-state index in [9.17, 15) is 14.4 Å². The molecule has 1 aliphatic heterocycles. The SMILES string of the molecule is C[C@H](N)C(=O)N[C@H](C(=O)N1CCC[C@H]1C(=O)N[C@@H]1CCCc2ccccc21)C(C)(C)C. The van der Waals surface area contributed by atoms with Crippen LogP contribution in [0.4, 0.5) is 0 Å². The Balaban J connectivity index is 1.74. The summed E-state index contributed by atoms with van der Waals surface area (Å²) in [4.78, 5) is 40.5. The number of benzene rings is 1. The van der Waals surface area contributed by atoms with Crippen molar-refractivity contribution in [1.29, 1.82) is 0 Å². The number of rotatable bonds is 5. The average Bonchev–Trinajstić information content (AvgIpc) is 3.20. The number of aryl methyl sites for hydroxylation is 1. The van der Waals surface area contributed by atoms with Crippen LogP contribution in [0.1, 0.15) is 70.5 Å². The lowest BCUT2D eigenvalue weighted by molar-refractivity contribution is -0.144. The molecule has 1 aromatic rings. The smallest absolute Gasteiger partial charge is 0.246 e. The molecule has 0 radical (unpaired) electrons. The number of hydrogen-bond donors (Lipinski definition) is 3. The van der Waals surface area contributed by atoms with Crippen molar-refractivity contribution in [3.8, 4) is 0 Å². The Morgan fingerprint density at radius 1 is 1.13 bits per heavy atom. The second-order valence-electron chi connectivity index (χ2n) is 9.94. The molecule has 31 heavy (non-hydrogen) atoms. The molecule has 3 rings (SSSR count). The summed E-state index contributed by atoms with van der Waals surface area (Å²) in [6, 6.07) is 6.25. The Kier molecular flexibility index (Phi) is 7.04. The number of hydrogen-bond acceptors (Lipinski definition) is 4. The summed E-state index contributed by atoms with van der Waals surface area (Å²) >= 11 is 0. The number of fused-ring (bicyclic) bond motifs is 1. The molecule has 0 spiro atoms. The lowest BCUT2D eigenvalue weighted by Gasteiger charge is -2.36. The standard InChI is InChI=1S/C24H36N4O3/c1-15(25)21(29)27-20(24(2,3)4)23(31)28-14-8-13-19(28)22(30)26-18-12-7-10-16-9-5-6-11-17(16)18/h5-6,9,11,15,18-20H,7-8,10,12-14,25H2,1-4H3,(H,26,30)(H,27,29)/t15-,18+,19-,20+/m0/s1. The van der Waals surface area contributed by atoms with Gasteiger partial charge in [0, 0.05) is 6.54 Å². The molecule has 170 valence electrons. The molecule has 0 aromatic heterocycles. The van der Waals surface area contributed by atoms with Gasteiger partial charge in [-0.2, -0.15) is 0 Å². The monoisotopic (exact) mass is 428 g/mol. The predicted molar refractivity (Wildman–Crippen MR) is 120 cm³/mol. The summed E-state index contributed by atoms with van der Waals surface area (Å²) < 4.78 is 0. The fourth-order valence-corrected chi connectivity index (χ4v) is 4.56. The molecule has 1 aliphatic carbocycles. The van der Waals surface area contributed by atoms with E-state index in [1.54, 1.807) is 11.8 Å². The predicted octanol–water partition coefficient (Wildman–Crippen LogP) is 2.05. The van der Waals surface area contributed by atoms with Crippen LogP contribution in [0.3, 0.4) is 0 Å². The Hall–Kier alpha value is -2.41. The van der Waals surface area contributed by atoms with Crippen molar-refractivity contribution >= 4 is 17.7 Å². The van der Waals surface area contributed by atoms with E-state index in [0.29, 0.717) is 13.0 Å². The maximum absolute atomic E-state index is 13.4. The van der Waals surface area contributed by atoms with Crippen molar-refractivity contribution in [3.63, 3.8) is 0 Å². The molecular formula is C24H36N4O3. The third-order valence-electron chi connectivity index (χ3n) is 6.34. The average molecular weight is 429 g/mol. The Labute approximate surface area is 185 Å². The summed E-state index contributed by atoms with van der Waals surface area (Å²) in [5.74, 6) is -0.700. The van der Waals surface area contributed by atoms with Crippen molar-refractivity contribution in [2.24, 2.45) is 11.1 Å². The van der Waals surface area contributed by atoms with Crippen LogP contribution in [0.15, 0.2) is 24.3 Å². The largest absolute Gasteiger partial charge is 0.347 e. The van der Waals surface area contributed by atoms with Crippen molar-refractivity contribution in [1.82, 2.24) is 15.5 Å². The highest BCUT2D eigenvalue weighted by Crippen LogP contribution is 2.31. The number of amides is 3. The number of nitrogens with two attached hydrogens (primary N) is 1. The minimum absolute atomic E-state index is 0.0220. The van der Waals surface area contributed by atoms with Crippen LogP contribution >= 0.6 is 0 Å². The molecule has 2 aliphatic rings. The van der Waals surface area contributed by atoms with E-state index in [-0.39, 0.29) is 23.8 Å². The van der Waals surface area contributed by atoms with E-state index in [2.05, 4.69) is 22.8 Å². The summed E-state index contributed by atoms with van der Waals surface area (Å²) in [7, 11) is 0. The molecular weight excluding hydrogens is 392 g/mol. The highest BCUT2D eigenvalue weighted by molar-refractivity contribution is 5.94. The van der Waals surface area contributed by atoms with Crippen LogP contribution in [-0.4, -0.2) is 47.3 Å². The normalized spacial score (nSPS) is 22.9. The third kappa shape index (κ3) is 5.26. The molecule has 1 aromatic carbocycles. The molecule has 4 N–H and O–H groups in total. The first-order chi connectivity index (χ1) is 14.6. The van der Waals surface area contributed by atoms with Crippen LogP contribution in [0, 0.1) is 5.41 Å². The first-order valence-corrected chi connectivity index (χ1v) is 11.3. The van der Waals surface area contributed by atoms with Crippen LogP contribution in [0.25, 0.3) is 0 Å². The van der Waals surface area contributed by atoms with E-state index >= 15 is 0 Å². The molecule has 0 unspecified atom stereocenters. The van der Waals surface area contributed by atoms with Crippen LogP contribution in [-0.2, 0) is 20.8 Å². The van der Waals surface area contributed by atoms with Gasteiger partial charge in [0.05, 0.1) is 12.1 Å². The van der Waals surface area contributed by atoms with Crippen molar-refractivity contribution < 1.29 is 14.4 Å². The number of likely N-dealkylation sites (tertiary alicyclic amines) is 1. The number of carbonyl (C=O) groups excluding carboxylic acids is 3. The zero-order valence-corrected chi connectivity index (χ0v) is 19.1. The minimum atomic E-state index is -0.741. The van der Waals surface area contributed by atoms with Gasteiger partial charge < -0.3 is 21.3 Å². The van der Waals surface area contributed by atoms with Gasteiger partial charge in [-0.1, -0.05) is 45.0 Å². The molecule has 4 atom stereocenters. The maximum atomic E-state index is 13.4. The highest BCUT2D eigenvalue weighted by Gasteiger charge is 2.42. The summed E-state index contributed by atoms with van der Waals surface area (Å²) in [6.07, 6.45) is 4.36. The molecule has 1 heterocycles. The van der Waals surface area contributed by atoms with Gasteiger partial charge in [-0.25, -0.2) is 0 Å². The Bertz CT molecular complexity index is 830. The molecule has 3 amide bonds. The van der Waals surface area contributed by atoms with E-state index in [1.165, 1.54) is 11.1 Å². The molecule has 1 fully saturated rings. The molecule has 7 nitrogen and oxygen atoms in total. The number of carbonyl (C=O) groups is 3. The van der Waals surface area contributed by atoms with Gasteiger partial charge in [-0.3, -0.25) is 14.4 Å². The van der Waals surface area contributed by atoms with Gasteiger partial charge in [0.15, 0.2) is 0 Å². The van der Waals surface area contributed by atoms with Gasteiger partial charge in [-0.15, -0.1) is 0 Å². The zero-order chi connectivity index (χ0) is 22.8. The topological polar surface area (TPSA) is 105 Å². The van der Waals surface area contributed by atoms with Crippen molar-refractivity contribution in [2.45, 2.75) is 84.0 Å². The van der Waals surface area contributed by atoms with Crippen LogP contribution < -0.4 is 16.4 Å². The second kappa shape index (κ2) is 9.39. The molecule has 0 bridgehead atoms. The van der Waals surface area contributed by atoms with Gasteiger partial charge >= 0.3 is 0 Å². The zero-order valence-electron chi connectivity index (χ0n) is 19.1. The van der Waals surface area contributed by atoms with E-state index in [4.69, 9.17) is 5.73 Å². The Morgan fingerprint density at radius 2 is 1.84 bits per heavy atom. The highest BCUT2D eigenvalue weighted by atomic mass is 16.2. The van der Waals surface area contributed by atoms with Gasteiger partial charge in [0.1, 0.15) is 12.1 Å². The fourth-order valence-electron chi connectivity index (χ4n) is 4.56. The van der Waals surface area contributed by atoms with Crippen LogP contribution in [0.5, 0.6) is 0 Å². The first-order valence-electron chi connectivity index (χ1n) is 11.3. The molecule has 0 saturated carbocycles. The lowest BCUT2D eigenvalue weighted by Crippen LogP contribution is -2.59. The first kappa shape index (κ1) is 23.3. The summed E-state index contributed by atoms with van der Waals surface area (Å²) in [5, 5.41) is 6.00. The molecule has 1 saturated heterocycles.